The lowest BCUT2D eigenvalue weighted by atomic mass is 10.1. The molecule has 0 unspecified atom stereocenters. The Labute approximate surface area is 138 Å². The molecule has 1 amide bonds. The molecule has 1 heterocycles. The smallest absolute Gasteiger partial charge is 0.341 e. The average molecular weight is 338 g/mol. The highest BCUT2D eigenvalue weighted by Crippen LogP contribution is 2.28. The highest BCUT2D eigenvalue weighted by Gasteiger charge is 2.17. The maximum absolute atomic E-state index is 12.1. The van der Waals surface area contributed by atoms with Crippen molar-refractivity contribution in [2.24, 2.45) is 0 Å². The van der Waals surface area contributed by atoms with Gasteiger partial charge in [-0.1, -0.05) is 23.7 Å². The standard InChI is InChI=1S/C16H16ClNO3S/c1-3-21-16(20)13-8-10(2)22-15(13)18-14(19)9-11-4-6-12(17)7-5-11/h4-8H,3,9H2,1-2H3,(H,18,19). The van der Waals surface area contributed by atoms with Crippen molar-refractivity contribution in [1.82, 2.24) is 0 Å². The minimum Gasteiger partial charge on any atom is -0.462 e. The number of aryl methyl sites for hydroxylation is 1. The second kappa shape index (κ2) is 7.42. The number of amides is 1. The van der Waals surface area contributed by atoms with Gasteiger partial charge in [-0.25, -0.2) is 4.79 Å². The predicted octanol–water partition coefficient (Wildman–Crippen LogP) is 4.07. The highest BCUT2D eigenvalue weighted by molar-refractivity contribution is 7.16. The van der Waals surface area contributed by atoms with E-state index < -0.39 is 5.97 Å². The van der Waals surface area contributed by atoms with Gasteiger partial charge in [-0.05, 0) is 37.6 Å². The van der Waals surface area contributed by atoms with Crippen LogP contribution in [0.25, 0.3) is 0 Å². The van der Waals surface area contributed by atoms with Crippen LogP contribution in [0.3, 0.4) is 0 Å². The number of benzene rings is 1. The van der Waals surface area contributed by atoms with Gasteiger partial charge in [0, 0.05) is 9.90 Å². The van der Waals surface area contributed by atoms with E-state index in [1.807, 2.05) is 6.92 Å². The summed E-state index contributed by atoms with van der Waals surface area (Å²) in [6.07, 6.45) is 0.219. The third-order valence-corrected chi connectivity index (χ3v) is 4.10. The zero-order valence-electron chi connectivity index (χ0n) is 12.3. The van der Waals surface area contributed by atoms with Crippen molar-refractivity contribution in [3.8, 4) is 0 Å². The fourth-order valence-corrected chi connectivity index (χ4v) is 2.97. The number of carbonyl (C=O) groups is 2. The normalized spacial score (nSPS) is 10.3. The molecule has 0 aliphatic rings. The molecule has 4 nitrogen and oxygen atoms in total. The summed E-state index contributed by atoms with van der Waals surface area (Å²) in [7, 11) is 0. The Bertz CT molecular complexity index is 679. The van der Waals surface area contributed by atoms with E-state index >= 15 is 0 Å². The molecule has 116 valence electrons. The summed E-state index contributed by atoms with van der Waals surface area (Å²) in [5.41, 5.74) is 1.25. The maximum Gasteiger partial charge on any atom is 0.341 e. The zero-order valence-corrected chi connectivity index (χ0v) is 13.9. The number of hydrogen-bond donors (Lipinski definition) is 1. The molecule has 0 fully saturated rings. The van der Waals surface area contributed by atoms with Gasteiger partial charge in [0.05, 0.1) is 18.6 Å². The van der Waals surface area contributed by atoms with Crippen molar-refractivity contribution in [2.75, 3.05) is 11.9 Å². The summed E-state index contributed by atoms with van der Waals surface area (Å²) in [4.78, 5) is 24.9. The Balaban J connectivity index is 2.08. The molecule has 0 atom stereocenters. The zero-order chi connectivity index (χ0) is 16.1. The van der Waals surface area contributed by atoms with Gasteiger partial charge < -0.3 is 10.1 Å². The molecule has 2 aromatic rings. The summed E-state index contributed by atoms with van der Waals surface area (Å²) in [5.74, 6) is -0.608. The van der Waals surface area contributed by atoms with E-state index in [-0.39, 0.29) is 12.3 Å². The van der Waals surface area contributed by atoms with Gasteiger partial charge in [-0.15, -0.1) is 11.3 Å². The van der Waals surface area contributed by atoms with E-state index in [0.717, 1.165) is 10.4 Å². The van der Waals surface area contributed by atoms with Crippen LogP contribution < -0.4 is 5.32 Å². The molecule has 0 bridgehead atoms. The third-order valence-electron chi connectivity index (χ3n) is 2.88. The lowest BCUT2D eigenvalue weighted by Gasteiger charge is -2.06. The molecule has 0 radical (unpaired) electrons. The first-order valence-corrected chi connectivity index (χ1v) is 8.01. The van der Waals surface area contributed by atoms with E-state index in [1.54, 1.807) is 37.3 Å². The summed E-state index contributed by atoms with van der Waals surface area (Å²) >= 11 is 7.17. The Hall–Kier alpha value is -1.85. The molecule has 0 spiro atoms. The van der Waals surface area contributed by atoms with Crippen molar-refractivity contribution in [3.63, 3.8) is 0 Å². The van der Waals surface area contributed by atoms with Crippen LogP contribution in [-0.2, 0) is 16.0 Å². The Morgan fingerprint density at radius 1 is 1.27 bits per heavy atom. The average Bonchev–Trinajstić information content (AvgIpc) is 2.82. The van der Waals surface area contributed by atoms with Gasteiger partial charge in [0.25, 0.3) is 0 Å². The number of hydrogen-bond acceptors (Lipinski definition) is 4. The number of nitrogens with one attached hydrogen (secondary N) is 1. The number of ether oxygens (including phenoxy) is 1. The first-order valence-electron chi connectivity index (χ1n) is 6.81. The Morgan fingerprint density at radius 3 is 2.59 bits per heavy atom. The summed E-state index contributed by atoms with van der Waals surface area (Å²) in [5, 5.41) is 3.93. The van der Waals surface area contributed by atoms with E-state index in [2.05, 4.69) is 5.32 Å². The van der Waals surface area contributed by atoms with Crippen molar-refractivity contribution in [2.45, 2.75) is 20.3 Å². The van der Waals surface area contributed by atoms with Crippen LogP contribution in [0.5, 0.6) is 0 Å². The summed E-state index contributed by atoms with van der Waals surface area (Å²) < 4.78 is 5.00. The molecule has 0 saturated heterocycles. The molecule has 0 aliphatic heterocycles. The molecule has 1 N–H and O–H groups in total. The van der Waals surface area contributed by atoms with E-state index in [0.29, 0.717) is 22.2 Å². The molecule has 0 aliphatic carbocycles. The van der Waals surface area contributed by atoms with Crippen molar-refractivity contribution in [3.05, 3.63) is 51.4 Å². The van der Waals surface area contributed by atoms with E-state index in [9.17, 15) is 9.59 Å². The van der Waals surface area contributed by atoms with Gasteiger partial charge >= 0.3 is 5.97 Å². The predicted molar refractivity (Wildman–Crippen MR) is 88.8 cm³/mol. The molecule has 6 heteroatoms. The second-order valence-corrected chi connectivity index (χ2v) is 6.36. The van der Waals surface area contributed by atoms with E-state index in [1.165, 1.54) is 11.3 Å². The fraction of sp³-hybridized carbons (Fsp3) is 0.250. The topological polar surface area (TPSA) is 55.4 Å². The molecule has 22 heavy (non-hydrogen) atoms. The van der Waals surface area contributed by atoms with Gasteiger partial charge in [0.1, 0.15) is 5.00 Å². The minimum atomic E-state index is -0.423. The van der Waals surface area contributed by atoms with Crippen LogP contribution in [0.15, 0.2) is 30.3 Å². The SMILES string of the molecule is CCOC(=O)c1cc(C)sc1NC(=O)Cc1ccc(Cl)cc1. The van der Waals surface area contributed by atoms with Crippen LogP contribution in [-0.4, -0.2) is 18.5 Å². The molecule has 1 aromatic carbocycles. The molecule has 1 aromatic heterocycles. The number of carbonyl (C=O) groups excluding carboxylic acids is 2. The number of esters is 1. The van der Waals surface area contributed by atoms with Gasteiger partial charge in [0.2, 0.25) is 5.91 Å². The lowest BCUT2D eigenvalue weighted by molar-refractivity contribution is -0.115. The van der Waals surface area contributed by atoms with Crippen LogP contribution >= 0.6 is 22.9 Å². The molecule has 2 rings (SSSR count). The van der Waals surface area contributed by atoms with Gasteiger partial charge in [-0.3, -0.25) is 4.79 Å². The van der Waals surface area contributed by atoms with Crippen molar-refractivity contribution < 1.29 is 14.3 Å². The summed E-state index contributed by atoms with van der Waals surface area (Å²) in [6.45, 7) is 3.92. The number of anilines is 1. The highest BCUT2D eigenvalue weighted by atomic mass is 35.5. The summed E-state index contributed by atoms with van der Waals surface area (Å²) in [6, 6.07) is 8.80. The maximum atomic E-state index is 12.1. The Morgan fingerprint density at radius 2 is 1.95 bits per heavy atom. The largest absolute Gasteiger partial charge is 0.462 e. The van der Waals surface area contributed by atoms with Crippen molar-refractivity contribution >= 4 is 39.8 Å². The Kier molecular flexibility index (Phi) is 5.57. The van der Waals surface area contributed by atoms with Crippen molar-refractivity contribution in [1.29, 1.82) is 0 Å². The first-order chi connectivity index (χ1) is 10.5. The first kappa shape index (κ1) is 16.5. The van der Waals surface area contributed by atoms with E-state index in [4.69, 9.17) is 16.3 Å². The third kappa shape index (κ3) is 4.32. The fourth-order valence-electron chi connectivity index (χ4n) is 1.93. The number of rotatable bonds is 5. The van der Waals surface area contributed by atoms with Crippen LogP contribution in [0, 0.1) is 6.92 Å². The molecular formula is C16H16ClNO3S. The lowest BCUT2D eigenvalue weighted by Crippen LogP contribution is -2.16. The second-order valence-electron chi connectivity index (χ2n) is 4.67. The number of thiophene rings is 1. The van der Waals surface area contributed by atoms with Crippen LogP contribution in [0.1, 0.15) is 27.7 Å². The van der Waals surface area contributed by atoms with Gasteiger partial charge in [-0.2, -0.15) is 0 Å². The van der Waals surface area contributed by atoms with Crippen LogP contribution in [0.4, 0.5) is 5.00 Å². The molecular weight excluding hydrogens is 322 g/mol. The van der Waals surface area contributed by atoms with Gasteiger partial charge in [0.15, 0.2) is 0 Å². The molecule has 0 saturated carbocycles. The minimum absolute atomic E-state index is 0.185. The monoisotopic (exact) mass is 337 g/mol. The van der Waals surface area contributed by atoms with Crippen LogP contribution in [0.2, 0.25) is 5.02 Å². The number of halogens is 1. The quantitative estimate of drug-likeness (QED) is 0.837.